The summed E-state index contributed by atoms with van der Waals surface area (Å²) in [5, 5.41) is 0. The smallest absolute Gasteiger partial charge is 0.308 e. The van der Waals surface area contributed by atoms with Gasteiger partial charge in [-0.25, -0.2) is 4.98 Å². The predicted octanol–water partition coefficient (Wildman–Crippen LogP) is 2.32. The SMILES string of the molecule is COC(=O)C1CCN(C(=O)c2ccc3ncsc3c2)CC1. The molecule has 110 valence electrons. The second kappa shape index (κ2) is 5.81. The normalized spacial score (nSPS) is 16.1. The fourth-order valence-corrected chi connectivity index (χ4v) is 3.37. The highest BCUT2D eigenvalue weighted by Gasteiger charge is 2.28. The van der Waals surface area contributed by atoms with E-state index in [0.29, 0.717) is 31.5 Å². The van der Waals surface area contributed by atoms with E-state index in [-0.39, 0.29) is 17.8 Å². The predicted molar refractivity (Wildman–Crippen MR) is 80.3 cm³/mol. The minimum Gasteiger partial charge on any atom is -0.469 e. The van der Waals surface area contributed by atoms with E-state index in [9.17, 15) is 9.59 Å². The van der Waals surface area contributed by atoms with Gasteiger partial charge in [-0.2, -0.15) is 0 Å². The number of thiazole rings is 1. The molecule has 1 saturated heterocycles. The maximum absolute atomic E-state index is 12.5. The van der Waals surface area contributed by atoms with Gasteiger partial charge in [0.25, 0.3) is 5.91 Å². The largest absolute Gasteiger partial charge is 0.469 e. The van der Waals surface area contributed by atoms with Gasteiger partial charge in [0.15, 0.2) is 0 Å². The van der Waals surface area contributed by atoms with Gasteiger partial charge >= 0.3 is 5.97 Å². The van der Waals surface area contributed by atoms with E-state index in [1.807, 2.05) is 23.1 Å². The molecule has 0 radical (unpaired) electrons. The highest BCUT2D eigenvalue weighted by atomic mass is 32.1. The summed E-state index contributed by atoms with van der Waals surface area (Å²) >= 11 is 1.53. The van der Waals surface area contributed by atoms with Crippen molar-refractivity contribution in [1.29, 1.82) is 0 Å². The summed E-state index contributed by atoms with van der Waals surface area (Å²) < 4.78 is 5.78. The fourth-order valence-electron chi connectivity index (χ4n) is 2.66. The third-order valence-corrected chi connectivity index (χ3v) is 4.69. The van der Waals surface area contributed by atoms with Crippen molar-refractivity contribution < 1.29 is 14.3 Å². The molecule has 2 aromatic rings. The van der Waals surface area contributed by atoms with E-state index in [2.05, 4.69) is 4.98 Å². The number of benzene rings is 1. The maximum Gasteiger partial charge on any atom is 0.308 e. The van der Waals surface area contributed by atoms with Gasteiger partial charge in [-0.3, -0.25) is 9.59 Å². The van der Waals surface area contributed by atoms with Crippen molar-refractivity contribution in [3.05, 3.63) is 29.3 Å². The number of carbonyl (C=O) groups is 2. The van der Waals surface area contributed by atoms with Crippen molar-refractivity contribution >= 4 is 33.4 Å². The molecule has 1 amide bonds. The molecular weight excluding hydrogens is 288 g/mol. The molecule has 1 aliphatic rings. The van der Waals surface area contributed by atoms with Gasteiger partial charge in [-0.05, 0) is 31.0 Å². The number of rotatable bonds is 2. The van der Waals surface area contributed by atoms with Crippen LogP contribution in [-0.4, -0.2) is 42.0 Å². The van der Waals surface area contributed by atoms with Gasteiger partial charge in [0.05, 0.1) is 28.8 Å². The van der Waals surface area contributed by atoms with E-state index >= 15 is 0 Å². The first-order chi connectivity index (χ1) is 10.2. The molecule has 1 aromatic heterocycles. The topological polar surface area (TPSA) is 59.5 Å². The molecule has 0 N–H and O–H groups in total. The van der Waals surface area contributed by atoms with E-state index in [1.165, 1.54) is 18.4 Å². The minimum absolute atomic E-state index is 0.0219. The van der Waals surface area contributed by atoms with Crippen molar-refractivity contribution in [2.75, 3.05) is 20.2 Å². The Morgan fingerprint density at radius 3 is 2.81 bits per heavy atom. The van der Waals surface area contributed by atoms with Crippen LogP contribution in [0.1, 0.15) is 23.2 Å². The number of likely N-dealkylation sites (tertiary alicyclic amines) is 1. The molecule has 0 atom stereocenters. The lowest BCUT2D eigenvalue weighted by molar-refractivity contribution is -0.146. The van der Waals surface area contributed by atoms with Gasteiger partial charge < -0.3 is 9.64 Å². The number of amides is 1. The van der Waals surface area contributed by atoms with Crippen molar-refractivity contribution in [1.82, 2.24) is 9.88 Å². The van der Waals surface area contributed by atoms with Gasteiger partial charge in [0, 0.05) is 18.7 Å². The Balaban J connectivity index is 1.70. The molecule has 0 aliphatic carbocycles. The zero-order valence-electron chi connectivity index (χ0n) is 11.7. The Bertz CT molecular complexity index is 674. The van der Waals surface area contributed by atoms with E-state index in [4.69, 9.17) is 4.74 Å². The quantitative estimate of drug-likeness (QED) is 0.799. The van der Waals surface area contributed by atoms with Crippen LogP contribution < -0.4 is 0 Å². The standard InChI is InChI=1S/C15H16N2O3S/c1-20-15(19)10-4-6-17(7-5-10)14(18)11-2-3-12-13(8-11)21-9-16-12/h2-3,8-10H,4-7H2,1H3. The molecule has 1 aromatic carbocycles. The molecule has 2 heterocycles. The zero-order chi connectivity index (χ0) is 14.8. The van der Waals surface area contributed by atoms with Crippen LogP contribution in [0.15, 0.2) is 23.7 Å². The summed E-state index contributed by atoms with van der Waals surface area (Å²) in [7, 11) is 1.41. The molecule has 3 rings (SSSR count). The van der Waals surface area contributed by atoms with Crippen LogP contribution in [0, 0.1) is 5.92 Å². The molecular formula is C15H16N2O3S. The highest BCUT2D eigenvalue weighted by molar-refractivity contribution is 7.16. The average molecular weight is 304 g/mol. The Hall–Kier alpha value is -1.95. The lowest BCUT2D eigenvalue weighted by Gasteiger charge is -2.30. The molecule has 0 spiro atoms. The van der Waals surface area contributed by atoms with Gasteiger partial charge in [0.2, 0.25) is 0 Å². The lowest BCUT2D eigenvalue weighted by atomic mass is 9.96. The number of piperidine rings is 1. The van der Waals surface area contributed by atoms with Crippen LogP contribution in [0.4, 0.5) is 0 Å². The van der Waals surface area contributed by atoms with E-state index < -0.39 is 0 Å². The van der Waals surface area contributed by atoms with Gasteiger partial charge in [-0.15, -0.1) is 11.3 Å². The Kier molecular flexibility index (Phi) is 3.88. The van der Waals surface area contributed by atoms with Gasteiger partial charge in [-0.1, -0.05) is 0 Å². The number of hydrogen-bond donors (Lipinski definition) is 0. The molecule has 1 aliphatic heterocycles. The Morgan fingerprint density at radius 2 is 2.10 bits per heavy atom. The molecule has 1 fully saturated rings. The summed E-state index contributed by atoms with van der Waals surface area (Å²) in [6.45, 7) is 1.19. The van der Waals surface area contributed by atoms with E-state index in [1.54, 1.807) is 5.51 Å². The monoisotopic (exact) mass is 304 g/mol. The summed E-state index contributed by atoms with van der Waals surface area (Å²) in [4.78, 5) is 30.0. The van der Waals surface area contributed by atoms with Crippen LogP contribution >= 0.6 is 11.3 Å². The van der Waals surface area contributed by atoms with Crippen molar-refractivity contribution in [3.8, 4) is 0 Å². The van der Waals surface area contributed by atoms with Gasteiger partial charge in [0.1, 0.15) is 0 Å². The van der Waals surface area contributed by atoms with Crippen molar-refractivity contribution in [3.63, 3.8) is 0 Å². The van der Waals surface area contributed by atoms with Crippen LogP contribution in [0.2, 0.25) is 0 Å². The summed E-state index contributed by atoms with van der Waals surface area (Å²) in [5.41, 5.74) is 3.38. The first kappa shape index (κ1) is 14.0. The maximum atomic E-state index is 12.5. The highest BCUT2D eigenvalue weighted by Crippen LogP contribution is 2.23. The fraction of sp³-hybridized carbons (Fsp3) is 0.400. The Labute approximate surface area is 126 Å². The summed E-state index contributed by atoms with van der Waals surface area (Å²) in [6.07, 6.45) is 1.34. The number of methoxy groups -OCH3 is 1. The number of hydrogen-bond acceptors (Lipinski definition) is 5. The van der Waals surface area contributed by atoms with Crippen LogP contribution in [0.3, 0.4) is 0 Å². The number of aromatic nitrogens is 1. The Morgan fingerprint density at radius 1 is 1.33 bits per heavy atom. The molecule has 0 bridgehead atoms. The number of esters is 1. The summed E-state index contributed by atoms with van der Waals surface area (Å²) in [6, 6.07) is 5.58. The molecule has 0 saturated carbocycles. The molecule has 21 heavy (non-hydrogen) atoms. The number of ether oxygens (including phenoxy) is 1. The second-order valence-electron chi connectivity index (χ2n) is 5.12. The third kappa shape index (κ3) is 2.76. The molecule has 0 unspecified atom stereocenters. The number of nitrogens with zero attached hydrogens (tertiary/aromatic N) is 2. The minimum atomic E-state index is -0.173. The van der Waals surface area contributed by atoms with Crippen molar-refractivity contribution in [2.24, 2.45) is 5.92 Å². The van der Waals surface area contributed by atoms with E-state index in [0.717, 1.165) is 10.2 Å². The first-order valence-corrected chi connectivity index (χ1v) is 7.77. The molecule has 5 nitrogen and oxygen atoms in total. The zero-order valence-corrected chi connectivity index (χ0v) is 12.6. The lowest BCUT2D eigenvalue weighted by Crippen LogP contribution is -2.40. The van der Waals surface area contributed by atoms with Crippen LogP contribution in [0.25, 0.3) is 10.2 Å². The average Bonchev–Trinajstić information content (AvgIpc) is 3.01. The third-order valence-electron chi connectivity index (χ3n) is 3.89. The first-order valence-electron chi connectivity index (χ1n) is 6.89. The van der Waals surface area contributed by atoms with Crippen LogP contribution in [0.5, 0.6) is 0 Å². The number of carbonyl (C=O) groups excluding carboxylic acids is 2. The second-order valence-corrected chi connectivity index (χ2v) is 6.01. The van der Waals surface area contributed by atoms with Crippen LogP contribution in [-0.2, 0) is 9.53 Å². The number of fused-ring (bicyclic) bond motifs is 1. The molecule has 6 heteroatoms. The van der Waals surface area contributed by atoms with Crippen molar-refractivity contribution in [2.45, 2.75) is 12.8 Å². The summed E-state index contributed by atoms with van der Waals surface area (Å²) in [5.74, 6) is -0.232.